The summed E-state index contributed by atoms with van der Waals surface area (Å²) in [5.41, 5.74) is 0. The molecule has 1 amide bonds. The Bertz CT molecular complexity index is 503. The van der Waals surface area contributed by atoms with Crippen molar-refractivity contribution >= 4 is 12.0 Å². The normalized spacial score (nSPS) is 29.9. The van der Waals surface area contributed by atoms with E-state index in [0.717, 1.165) is 25.3 Å². The zero-order chi connectivity index (χ0) is 13.5. The minimum absolute atomic E-state index is 0.0353. The molecule has 0 spiro atoms. The van der Waals surface area contributed by atoms with E-state index in [4.69, 9.17) is 4.74 Å². The van der Waals surface area contributed by atoms with Crippen LogP contribution in [0.4, 0.5) is 10.7 Å². The SMILES string of the molecule is O=C1O[C@@H]2CN(c3ncccn3)C[C@@H]2N1C1CCCC1. The number of hydrogen-bond donors (Lipinski definition) is 0. The topological polar surface area (TPSA) is 58.6 Å². The molecule has 6 heteroatoms. The first-order valence-electron chi connectivity index (χ1n) is 7.34. The number of anilines is 1. The van der Waals surface area contributed by atoms with Crippen molar-refractivity contribution in [2.24, 2.45) is 0 Å². The second-order valence-electron chi connectivity index (χ2n) is 5.79. The second-order valence-corrected chi connectivity index (χ2v) is 5.79. The molecule has 106 valence electrons. The van der Waals surface area contributed by atoms with Crippen molar-refractivity contribution in [3.63, 3.8) is 0 Å². The predicted molar refractivity (Wildman–Crippen MR) is 72.4 cm³/mol. The third-order valence-electron chi connectivity index (χ3n) is 4.61. The van der Waals surface area contributed by atoms with Crippen LogP contribution in [0.15, 0.2) is 18.5 Å². The largest absolute Gasteiger partial charge is 0.442 e. The summed E-state index contributed by atoms with van der Waals surface area (Å²) < 4.78 is 5.55. The van der Waals surface area contributed by atoms with E-state index in [1.165, 1.54) is 12.8 Å². The maximum atomic E-state index is 12.1. The smallest absolute Gasteiger partial charge is 0.410 e. The van der Waals surface area contributed by atoms with E-state index in [0.29, 0.717) is 12.6 Å². The minimum atomic E-state index is -0.125. The first-order valence-corrected chi connectivity index (χ1v) is 7.34. The molecule has 2 saturated heterocycles. The van der Waals surface area contributed by atoms with Crippen molar-refractivity contribution in [1.29, 1.82) is 0 Å². The van der Waals surface area contributed by atoms with E-state index in [2.05, 4.69) is 14.9 Å². The quantitative estimate of drug-likeness (QED) is 0.816. The van der Waals surface area contributed by atoms with E-state index in [1.54, 1.807) is 12.4 Å². The fraction of sp³-hybridized carbons (Fsp3) is 0.643. The van der Waals surface area contributed by atoms with Gasteiger partial charge in [-0.25, -0.2) is 14.8 Å². The Labute approximate surface area is 117 Å². The van der Waals surface area contributed by atoms with Crippen molar-refractivity contribution in [3.05, 3.63) is 18.5 Å². The van der Waals surface area contributed by atoms with Gasteiger partial charge in [-0.05, 0) is 18.9 Å². The van der Waals surface area contributed by atoms with Crippen LogP contribution in [-0.2, 0) is 4.74 Å². The van der Waals surface area contributed by atoms with E-state index in [-0.39, 0.29) is 18.2 Å². The fourth-order valence-corrected chi connectivity index (χ4v) is 3.69. The summed E-state index contributed by atoms with van der Waals surface area (Å²) in [4.78, 5) is 24.7. The van der Waals surface area contributed by atoms with Gasteiger partial charge in [0.15, 0.2) is 0 Å². The summed E-state index contributed by atoms with van der Waals surface area (Å²) in [6, 6.07) is 2.34. The van der Waals surface area contributed by atoms with Crippen LogP contribution >= 0.6 is 0 Å². The summed E-state index contributed by atoms with van der Waals surface area (Å²) in [5.74, 6) is 0.726. The number of aromatic nitrogens is 2. The predicted octanol–water partition coefficient (Wildman–Crippen LogP) is 1.43. The molecule has 0 N–H and O–H groups in total. The van der Waals surface area contributed by atoms with Crippen molar-refractivity contribution < 1.29 is 9.53 Å². The number of amides is 1. The molecule has 3 aliphatic rings. The first-order chi connectivity index (χ1) is 9.83. The molecule has 2 aliphatic heterocycles. The molecule has 20 heavy (non-hydrogen) atoms. The summed E-state index contributed by atoms with van der Waals surface area (Å²) in [6.45, 7) is 1.47. The molecule has 0 unspecified atom stereocenters. The molecule has 0 aromatic carbocycles. The van der Waals surface area contributed by atoms with Gasteiger partial charge >= 0.3 is 6.09 Å². The molecule has 2 atom stereocenters. The Morgan fingerprint density at radius 3 is 2.65 bits per heavy atom. The Morgan fingerprint density at radius 1 is 1.15 bits per heavy atom. The number of carbonyl (C=O) groups excluding carboxylic acids is 1. The first kappa shape index (κ1) is 11.9. The van der Waals surface area contributed by atoms with Crippen LogP contribution in [0.3, 0.4) is 0 Å². The molecule has 3 fully saturated rings. The number of ether oxygens (including phenoxy) is 1. The van der Waals surface area contributed by atoms with Gasteiger partial charge < -0.3 is 9.64 Å². The summed E-state index contributed by atoms with van der Waals surface area (Å²) in [6.07, 6.45) is 8.00. The minimum Gasteiger partial charge on any atom is -0.442 e. The fourth-order valence-electron chi connectivity index (χ4n) is 3.69. The number of fused-ring (bicyclic) bond motifs is 1. The molecule has 1 aromatic heterocycles. The number of nitrogens with zero attached hydrogens (tertiary/aromatic N) is 4. The lowest BCUT2D eigenvalue weighted by atomic mass is 10.1. The maximum Gasteiger partial charge on any atom is 0.410 e. The Morgan fingerprint density at radius 2 is 1.90 bits per heavy atom. The van der Waals surface area contributed by atoms with Gasteiger partial charge in [0.25, 0.3) is 0 Å². The number of carbonyl (C=O) groups is 1. The summed E-state index contributed by atoms with van der Waals surface area (Å²) in [5, 5.41) is 0. The molecular weight excluding hydrogens is 256 g/mol. The number of rotatable bonds is 2. The molecule has 3 heterocycles. The average Bonchev–Trinajstić information content (AvgIpc) is 3.15. The van der Waals surface area contributed by atoms with Gasteiger partial charge in [-0.3, -0.25) is 4.90 Å². The third kappa shape index (κ3) is 1.82. The molecule has 0 radical (unpaired) electrons. The number of hydrogen-bond acceptors (Lipinski definition) is 5. The zero-order valence-electron chi connectivity index (χ0n) is 11.3. The molecule has 4 rings (SSSR count). The average molecular weight is 274 g/mol. The van der Waals surface area contributed by atoms with Crippen LogP contribution in [-0.4, -0.2) is 52.2 Å². The van der Waals surface area contributed by atoms with Gasteiger partial charge in [0.2, 0.25) is 5.95 Å². The van der Waals surface area contributed by atoms with Crippen molar-refractivity contribution in [3.8, 4) is 0 Å². The Balaban J connectivity index is 1.53. The highest BCUT2D eigenvalue weighted by Gasteiger charge is 2.50. The highest BCUT2D eigenvalue weighted by atomic mass is 16.6. The molecule has 6 nitrogen and oxygen atoms in total. The Hall–Kier alpha value is -1.85. The standard InChI is InChI=1S/C14H18N4O2/c19-14-18(10-4-1-2-5-10)11-8-17(9-12(11)20-14)13-15-6-3-7-16-13/h3,6-7,10-12H,1-2,4-5,8-9H2/t11-,12+/m0/s1. The van der Waals surface area contributed by atoms with Crippen LogP contribution in [0.5, 0.6) is 0 Å². The van der Waals surface area contributed by atoms with Gasteiger partial charge in [0.1, 0.15) is 6.10 Å². The van der Waals surface area contributed by atoms with Gasteiger partial charge in [0.05, 0.1) is 12.6 Å². The summed E-state index contributed by atoms with van der Waals surface area (Å²) >= 11 is 0. The summed E-state index contributed by atoms with van der Waals surface area (Å²) in [7, 11) is 0. The van der Waals surface area contributed by atoms with E-state index < -0.39 is 0 Å². The van der Waals surface area contributed by atoms with Gasteiger partial charge in [-0.15, -0.1) is 0 Å². The van der Waals surface area contributed by atoms with Crippen molar-refractivity contribution in [2.75, 3.05) is 18.0 Å². The third-order valence-corrected chi connectivity index (χ3v) is 4.61. The van der Waals surface area contributed by atoms with Crippen molar-refractivity contribution in [1.82, 2.24) is 14.9 Å². The molecule has 0 bridgehead atoms. The van der Waals surface area contributed by atoms with E-state index >= 15 is 0 Å². The lowest BCUT2D eigenvalue weighted by molar-refractivity contribution is 0.129. The molecule has 1 aliphatic carbocycles. The molecular formula is C14H18N4O2. The lowest BCUT2D eigenvalue weighted by Gasteiger charge is -2.27. The molecule has 1 saturated carbocycles. The highest BCUT2D eigenvalue weighted by Crippen LogP contribution is 2.35. The van der Waals surface area contributed by atoms with Crippen LogP contribution < -0.4 is 4.90 Å². The lowest BCUT2D eigenvalue weighted by Crippen LogP contribution is -2.44. The van der Waals surface area contributed by atoms with Crippen LogP contribution in [0.1, 0.15) is 25.7 Å². The maximum absolute atomic E-state index is 12.1. The Kier molecular flexibility index (Phi) is 2.75. The van der Waals surface area contributed by atoms with Crippen LogP contribution in [0.25, 0.3) is 0 Å². The van der Waals surface area contributed by atoms with Crippen molar-refractivity contribution in [2.45, 2.75) is 43.9 Å². The van der Waals surface area contributed by atoms with Crippen LogP contribution in [0.2, 0.25) is 0 Å². The highest BCUT2D eigenvalue weighted by molar-refractivity contribution is 5.72. The molecule has 1 aromatic rings. The monoisotopic (exact) mass is 274 g/mol. The van der Waals surface area contributed by atoms with E-state index in [1.807, 2.05) is 11.0 Å². The van der Waals surface area contributed by atoms with Gasteiger partial charge in [0, 0.05) is 25.0 Å². The second kappa shape index (κ2) is 4.61. The van der Waals surface area contributed by atoms with Crippen LogP contribution in [0, 0.1) is 0 Å². The van der Waals surface area contributed by atoms with Gasteiger partial charge in [-0.1, -0.05) is 12.8 Å². The van der Waals surface area contributed by atoms with E-state index in [9.17, 15) is 4.79 Å². The zero-order valence-corrected chi connectivity index (χ0v) is 11.3. The van der Waals surface area contributed by atoms with Gasteiger partial charge in [-0.2, -0.15) is 0 Å².